The molecule has 1 heterocycles. The van der Waals surface area contributed by atoms with Crippen molar-refractivity contribution in [3.63, 3.8) is 0 Å². The Balaban J connectivity index is 1.99. The van der Waals surface area contributed by atoms with Gasteiger partial charge in [-0.15, -0.1) is 0 Å². The highest BCUT2D eigenvalue weighted by Crippen LogP contribution is 2.32. The van der Waals surface area contributed by atoms with E-state index in [9.17, 15) is 9.18 Å². The van der Waals surface area contributed by atoms with E-state index >= 15 is 0 Å². The first-order valence-corrected chi connectivity index (χ1v) is 9.36. The Kier molecular flexibility index (Phi) is 5.53. The van der Waals surface area contributed by atoms with E-state index < -0.39 is 6.04 Å². The second kappa shape index (κ2) is 7.68. The zero-order valence-electron chi connectivity index (χ0n) is 14.4. The highest BCUT2D eigenvalue weighted by atomic mass is 79.9. The highest BCUT2D eigenvalue weighted by Gasteiger charge is 2.32. The summed E-state index contributed by atoms with van der Waals surface area (Å²) in [5, 5.41) is 3.72. The van der Waals surface area contributed by atoms with Gasteiger partial charge in [0.1, 0.15) is 5.82 Å². The molecule has 2 aromatic carbocycles. The number of hydrogen-bond donors (Lipinski definition) is 1. The molecule has 0 spiro atoms. The van der Waals surface area contributed by atoms with Gasteiger partial charge in [-0.25, -0.2) is 4.39 Å². The first-order chi connectivity index (χ1) is 12.4. The lowest BCUT2D eigenvalue weighted by Gasteiger charge is -2.37. The van der Waals surface area contributed by atoms with E-state index in [-0.39, 0.29) is 11.6 Å². The molecule has 6 heteroatoms. The molecule has 2 aromatic rings. The average Bonchev–Trinajstić information content (AvgIpc) is 2.59. The summed E-state index contributed by atoms with van der Waals surface area (Å²) in [6.07, 6.45) is 0. The number of nitrogens with one attached hydrogen (secondary N) is 1. The number of hydrogen-bond acceptors (Lipinski definition) is 2. The van der Waals surface area contributed by atoms with Gasteiger partial charge in [-0.3, -0.25) is 4.79 Å². The predicted octanol–water partition coefficient (Wildman–Crippen LogP) is 4.88. The fraction of sp³-hybridized carbons (Fsp3) is 0.200. The summed E-state index contributed by atoms with van der Waals surface area (Å²) in [5.74, 6) is -0.402. The van der Waals surface area contributed by atoms with Crippen molar-refractivity contribution in [2.75, 3.05) is 0 Å². The SMILES string of the molecule is CC(=O)C1=C(C)N(Cc2ccc(Br)cc2)C(=S)NC1c1cccc(F)c1. The van der Waals surface area contributed by atoms with E-state index in [0.717, 1.165) is 15.7 Å². The van der Waals surface area contributed by atoms with E-state index in [4.69, 9.17) is 12.2 Å². The molecule has 0 aromatic heterocycles. The van der Waals surface area contributed by atoms with Gasteiger partial charge < -0.3 is 10.2 Å². The minimum Gasteiger partial charge on any atom is -0.351 e. The summed E-state index contributed by atoms with van der Waals surface area (Å²) in [6.45, 7) is 3.96. The average molecular weight is 433 g/mol. The lowest BCUT2D eigenvalue weighted by Crippen LogP contribution is -2.47. The van der Waals surface area contributed by atoms with Gasteiger partial charge >= 0.3 is 0 Å². The summed E-state index contributed by atoms with van der Waals surface area (Å²) in [6, 6.07) is 13.7. The van der Waals surface area contributed by atoms with Gasteiger partial charge in [-0.1, -0.05) is 40.2 Å². The maximum Gasteiger partial charge on any atom is 0.174 e. The van der Waals surface area contributed by atoms with Crippen molar-refractivity contribution in [1.29, 1.82) is 0 Å². The number of benzene rings is 2. The van der Waals surface area contributed by atoms with Crippen molar-refractivity contribution in [1.82, 2.24) is 10.2 Å². The molecule has 0 fully saturated rings. The van der Waals surface area contributed by atoms with Crippen LogP contribution < -0.4 is 5.32 Å². The number of rotatable bonds is 4. The number of Topliss-reactive ketones (excluding diaryl/α,β-unsaturated/α-hetero) is 1. The van der Waals surface area contributed by atoms with Gasteiger partial charge in [0.25, 0.3) is 0 Å². The van der Waals surface area contributed by atoms with E-state index in [2.05, 4.69) is 21.2 Å². The molecule has 1 unspecified atom stereocenters. The van der Waals surface area contributed by atoms with E-state index in [1.165, 1.54) is 19.1 Å². The van der Waals surface area contributed by atoms with Gasteiger partial charge in [0.05, 0.1) is 6.04 Å². The largest absolute Gasteiger partial charge is 0.351 e. The van der Waals surface area contributed by atoms with Crippen molar-refractivity contribution >= 4 is 39.0 Å². The van der Waals surface area contributed by atoms with Crippen LogP contribution in [0.15, 0.2) is 64.3 Å². The van der Waals surface area contributed by atoms with E-state index in [0.29, 0.717) is 22.8 Å². The fourth-order valence-electron chi connectivity index (χ4n) is 3.14. The van der Waals surface area contributed by atoms with E-state index in [1.807, 2.05) is 36.1 Å². The molecule has 1 aliphatic rings. The van der Waals surface area contributed by atoms with Crippen LogP contribution in [-0.2, 0) is 11.3 Å². The number of nitrogens with zero attached hydrogens (tertiary/aromatic N) is 1. The molecule has 0 bridgehead atoms. The van der Waals surface area contributed by atoms with Gasteiger partial charge in [-0.2, -0.15) is 0 Å². The summed E-state index contributed by atoms with van der Waals surface area (Å²) >= 11 is 8.97. The lowest BCUT2D eigenvalue weighted by molar-refractivity contribution is -0.114. The smallest absolute Gasteiger partial charge is 0.174 e. The fourth-order valence-corrected chi connectivity index (χ4v) is 3.72. The first kappa shape index (κ1) is 18.7. The van der Waals surface area contributed by atoms with Crippen LogP contribution in [0.2, 0.25) is 0 Å². The molecule has 3 nitrogen and oxygen atoms in total. The highest BCUT2D eigenvalue weighted by molar-refractivity contribution is 9.10. The van der Waals surface area contributed by atoms with Crippen LogP contribution in [0.25, 0.3) is 0 Å². The van der Waals surface area contributed by atoms with Gasteiger partial charge in [0.2, 0.25) is 0 Å². The summed E-state index contributed by atoms with van der Waals surface area (Å²) in [5.41, 5.74) is 3.14. The summed E-state index contributed by atoms with van der Waals surface area (Å²) in [7, 11) is 0. The van der Waals surface area contributed by atoms with Gasteiger partial charge in [0, 0.05) is 22.3 Å². The number of ketones is 1. The number of carbonyl (C=O) groups excluding carboxylic acids is 1. The zero-order valence-corrected chi connectivity index (χ0v) is 16.8. The normalized spacial score (nSPS) is 17.3. The molecule has 1 N–H and O–H groups in total. The third-order valence-corrected chi connectivity index (χ3v) is 5.28. The molecule has 0 radical (unpaired) electrons. The van der Waals surface area contributed by atoms with E-state index in [1.54, 1.807) is 12.1 Å². The summed E-state index contributed by atoms with van der Waals surface area (Å²) in [4.78, 5) is 14.3. The van der Waals surface area contributed by atoms with Crippen molar-refractivity contribution in [2.24, 2.45) is 0 Å². The van der Waals surface area contributed by atoms with Gasteiger partial charge in [0.15, 0.2) is 10.9 Å². The number of carbonyl (C=O) groups is 1. The second-order valence-corrected chi connectivity index (χ2v) is 7.51. The number of halogens is 2. The molecular weight excluding hydrogens is 415 g/mol. The van der Waals surface area contributed by atoms with Crippen LogP contribution >= 0.6 is 28.1 Å². The molecule has 1 atom stereocenters. The molecule has 0 saturated carbocycles. The Bertz CT molecular complexity index is 895. The van der Waals surface area contributed by atoms with Crippen LogP contribution in [-0.4, -0.2) is 15.8 Å². The molecule has 1 aliphatic heterocycles. The minimum atomic E-state index is -0.447. The Morgan fingerprint density at radius 2 is 1.96 bits per heavy atom. The molecule has 0 amide bonds. The van der Waals surface area contributed by atoms with Crippen LogP contribution in [0, 0.1) is 5.82 Å². The second-order valence-electron chi connectivity index (χ2n) is 6.21. The zero-order chi connectivity index (χ0) is 18.8. The van der Waals surface area contributed by atoms with Crippen LogP contribution in [0.4, 0.5) is 4.39 Å². The lowest BCUT2D eigenvalue weighted by atomic mass is 9.92. The van der Waals surface area contributed by atoms with Crippen molar-refractivity contribution in [2.45, 2.75) is 26.4 Å². The Hall–Kier alpha value is -2.05. The van der Waals surface area contributed by atoms with Crippen LogP contribution in [0.5, 0.6) is 0 Å². The first-order valence-electron chi connectivity index (χ1n) is 8.16. The van der Waals surface area contributed by atoms with Gasteiger partial charge in [-0.05, 0) is 61.5 Å². The molecule has 0 aliphatic carbocycles. The van der Waals surface area contributed by atoms with Crippen molar-refractivity contribution < 1.29 is 9.18 Å². The molecule has 26 heavy (non-hydrogen) atoms. The van der Waals surface area contributed by atoms with Crippen molar-refractivity contribution in [3.05, 3.63) is 81.2 Å². The third-order valence-electron chi connectivity index (χ3n) is 4.41. The van der Waals surface area contributed by atoms with Crippen molar-refractivity contribution in [3.8, 4) is 0 Å². The number of thiocarbonyl (C=S) groups is 1. The summed E-state index contributed by atoms with van der Waals surface area (Å²) < 4.78 is 14.7. The third kappa shape index (κ3) is 3.86. The maximum absolute atomic E-state index is 13.7. The Morgan fingerprint density at radius 3 is 2.58 bits per heavy atom. The van der Waals surface area contributed by atoms with Crippen LogP contribution in [0.3, 0.4) is 0 Å². The maximum atomic E-state index is 13.7. The molecule has 3 rings (SSSR count). The Labute approximate surface area is 166 Å². The Morgan fingerprint density at radius 1 is 1.27 bits per heavy atom. The molecule has 0 saturated heterocycles. The predicted molar refractivity (Wildman–Crippen MR) is 108 cm³/mol. The standard InChI is InChI=1S/C20H18BrFN2OS/c1-12-18(13(2)25)19(15-4-3-5-17(22)10-15)23-20(26)24(12)11-14-6-8-16(21)9-7-14/h3-10,19H,11H2,1-2H3,(H,23,26). The number of allylic oxidation sites excluding steroid dienone is 1. The topological polar surface area (TPSA) is 32.3 Å². The minimum absolute atomic E-state index is 0.0624. The van der Waals surface area contributed by atoms with Crippen LogP contribution in [0.1, 0.15) is 31.0 Å². The molecular formula is C20H18BrFN2OS. The monoisotopic (exact) mass is 432 g/mol. The molecule has 134 valence electrons. The quantitative estimate of drug-likeness (QED) is 0.697.